The molecule has 1 heterocycles. The van der Waals surface area contributed by atoms with Crippen LogP contribution < -0.4 is 5.32 Å². The Morgan fingerprint density at radius 3 is 2.69 bits per heavy atom. The van der Waals surface area contributed by atoms with E-state index in [1.54, 1.807) is 0 Å². The summed E-state index contributed by atoms with van der Waals surface area (Å²) in [5.41, 5.74) is -0.193. The minimum absolute atomic E-state index is 0.193. The number of nitrogens with zero attached hydrogens (tertiary/aromatic N) is 1. The fourth-order valence-corrected chi connectivity index (χ4v) is 3.43. The van der Waals surface area contributed by atoms with Gasteiger partial charge in [0.05, 0.1) is 11.7 Å². The summed E-state index contributed by atoms with van der Waals surface area (Å²) in [5, 5.41) is 3.54. The Kier molecular flexibility index (Phi) is 3.24. The van der Waals surface area contributed by atoms with Crippen LogP contribution >= 0.6 is 0 Å². The van der Waals surface area contributed by atoms with Crippen molar-refractivity contribution in [3.05, 3.63) is 0 Å². The summed E-state index contributed by atoms with van der Waals surface area (Å²) in [7, 11) is 0. The van der Waals surface area contributed by atoms with Crippen LogP contribution in [0.25, 0.3) is 0 Å². The molecule has 3 heteroatoms. The number of carbonyl (C=O) groups is 1. The molecule has 2 rings (SSSR count). The predicted octanol–water partition coefficient (Wildman–Crippen LogP) is 2.27. The first kappa shape index (κ1) is 11.9. The van der Waals surface area contributed by atoms with E-state index >= 15 is 0 Å². The standard InChI is InChI=1S/C13H24N2O/c1-4-7-10(2)15-11(3)14-13(12(15)16)8-5-6-9-13/h10-11,14H,4-9H2,1-3H3. The van der Waals surface area contributed by atoms with Gasteiger partial charge in [-0.05, 0) is 33.1 Å². The molecule has 2 unspecified atom stereocenters. The lowest BCUT2D eigenvalue weighted by atomic mass is 9.97. The van der Waals surface area contributed by atoms with Crippen LogP contribution in [-0.2, 0) is 4.79 Å². The highest BCUT2D eigenvalue weighted by molar-refractivity contribution is 5.89. The molecule has 0 aromatic rings. The molecule has 1 N–H and O–H groups in total. The minimum atomic E-state index is -0.193. The third-order valence-corrected chi connectivity index (χ3v) is 4.18. The molecule has 1 aliphatic carbocycles. The van der Waals surface area contributed by atoms with Gasteiger partial charge in [-0.15, -0.1) is 0 Å². The van der Waals surface area contributed by atoms with Gasteiger partial charge in [-0.1, -0.05) is 26.2 Å². The van der Waals surface area contributed by atoms with Gasteiger partial charge in [0.2, 0.25) is 5.91 Å². The highest BCUT2D eigenvalue weighted by Gasteiger charge is 2.51. The van der Waals surface area contributed by atoms with Gasteiger partial charge in [-0.2, -0.15) is 0 Å². The molecule has 2 fully saturated rings. The van der Waals surface area contributed by atoms with E-state index in [4.69, 9.17) is 0 Å². The van der Waals surface area contributed by atoms with Crippen molar-refractivity contribution in [2.45, 2.75) is 77.0 Å². The molecular formula is C13H24N2O. The van der Waals surface area contributed by atoms with Crippen LogP contribution in [-0.4, -0.2) is 28.6 Å². The molecule has 1 aliphatic heterocycles. The Morgan fingerprint density at radius 1 is 1.50 bits per heavy atom. The fraction of sp³-hybridized carbons (Fsp3) is 0.923. The summed E-state index contributed by atoms with van der Waals surface area (Å²) in [6.07, 6.45) is 6.92. The first-order valence-corrected chi connectivity index (χ1v) is 6.71. The highest BCUT2D eigenvalue weighted by Crippen LogP contribution is 2.37. The molecular weight excluding hydrogens is 200 g/mol. The average molecular weight is 224 g/mol. The van der Waals surface area contributed by atoms with Gasteiger partial charge in [0.15, 0.2) is 0 Å². The largest absolute Gasteiger partial charge is 0.323 e. The van der Waals surface area contributed by atoms with Crippen molar-refractivity contribution in [3.8, 4) is 0 Å². The number of rotatable bonds is 3. The van der Waals surface area contributed by atoms with Crippen LogP contribution in [0.15, 0.2) is 0 Å². The van der Waals surface area contributed by atoms with E-state index < -0.39 is 0 Å². The molecule has 1 amide bonds. The SMILES string of the molecule is CCCC(C)N1C(=O)C2(CCCC2)NC1C. The van der Waals surface area contributed by atoms with Crippen LogP contribution in [0.1, 0.15) is 59.3 Å². The zero-order valence-electron chi connectivity index (χ0n) is 10.8. The summed E-state index contributed by atoms with van der Waals surface area (Å²) in [6, 6.07) is 0.375. The molecule has 1 saturated heterocycles. The van der Waals surface area contributed by atoms with E-state index in [1.807, 2.05) is 0 Å². The van der Waals surface area contributed by atoms with Crippen molar-refractivity contribution in [1.29, 1.82) is 0 Å². The van der Waals surface area contributed by atoms with E-state index in [0.29, 0.717) is 11.9 Å². The van der Waals surface area contributed by atoms with Crippen molar-refractivity contribution in [2.24, 2.45) is 0 Å². The molecule has 92 valence electrons. The lowest BCUT2D eigenvalue weighted by molar-refractivity contribution is -0.135. The molecule has 0 radical (unpaired) electrons. The second-order valence-corrected chi connectivity index (χ2v) is 5.46. The molecule has 0 aromatic heterocycles. The first-order chi connectivity index (χ1) is 7.60. The Morgan fingerprint density at radius 2 is 2.12 bits per heavy atom. The lowest BCUT2D eigenvalue weighted by Gasteiger charge is -2.28. The summed E-state index contributed by atoms with van der Waals surface area (Å²) in [5.74, 6) is 0.360. The molecule has 2 atom stereocenters. The van der Waals surface area contributed by atoms with Gasteiger partial charge in [0.25, 0.3) is 0 Å². The van der Waals surface area contributed by atoms with Gasteiger partial charge in [-0.25, -0.2) is 0 Å². The van der Waals surface area contributed by atoms with Crippen LogP contribution in [0.3, 0.4) is 0 Å². The summed E-state index contributed by atoms with van der Waals surface area (Å²) < 4.78 is 0. The highest BCUT2D eigenvalue weighted by atomic mass is 16.2. The van der Waals surface area contributed by atoms with E-state index in [1.165, 1.54) is 12.8 Å². The normalized spacial score (nSPS) is 30.3. The summed E-state index contributed by atoms with van der Waals surface area (Å²) >= 11 is 0. The molecule has 1 spiro atoms. The van der Waals surface area contributed by atoms with Crippen LogP contribution in [0.5, 0.6) is 0 Å². The maximum absolute atomic E-state index is 12.5. The second kappa shape index (κ2) is 4.36. The third-order valence-electron chi connectivity index (χ3n) is 4.18. The zero-order chi connectivity index (χ0) is 11.8. The Balaban J connectivity index is 2.13. The predicted molar refractivity (Wildman–Crippen MR) is 65.0 cm³/mol. The van der Waals surface area contributed by atoms with Gasteiger partial charge in [0, 0.05) is 6.04 Å². The van der Waals surface area contributed by atoms with Crippen molar-refractivity contribution in [1.82, 2.24) is 10.2 Å². The molecule has 1 saturated carbocycles. The van der Waals surface area contributed by atoms with Crippen LogP contribution in [0.4, 0.5) is 0 Å². The number of amides is 1. The topological polar surface area (TPSA) is 32.3 Å². The van der Waals surface area contributed by atoms with Gasteiger partial charge in [-0.3, -0.25) is 10.1 Å². The molecule has 0 bridgehead atoms. The van der Waals surface area contributed by atoms with E-state index in [-0.39, 0.29) is 11.7 Å². The second-order valence-electron chi connectivity index (χ2n) is 5.46. The van der Waals surface area contributed by atoms with Crippen LogP contribution in [0.2, 0.25) is 0 Å². The first-order valence-electron chi connectivity index (χ1n) is 6.71. The third kappa shape index (κ3) is 1.75. The van der Waals surface area contributed by atoms with E-state index in [0.717, 1.165) is 25.7 Å². The van der Waals surface area contributed by atoms with Gasteiger partial charge >= 0.3 is 0 Å². The quantitative estimate of drug-likeness (QED) is 0.797. The van der Waals surface area contributed by atoms with Gasteiger partial charge in [0.1, 0.15) is 0 Å². The van der Waals surface area contributed by atoms with E-state index in [9.17, 15) is 4.79 Å². The maximum atomic E-state index is 12.5. The molecule has 0 aromatic carbocycles. The Bertz CT molecular complexity index is 271. The average Bonchev–Trinajstić information content (AvgIpc) is 2.76. The Labute approximate surface area is 98.6 Å². The Hall–Kier alpha value is -0.570. The van der Waals surface area contributed by atoms with Crippen molar-refractivity contribution >= 4 is 5.91 Å². The number of nitrogens with one attached hydrogen (secondary N) is 1. The minimum Gasteiger partial charge on any atom is -0.323 e. The maximum Gasteiger partial charge on any atom is 0.244 e. The van der Waals surface area contributed by atoms with Gasteiger partial charge < -0.3 is 4.90 Å². The monoisotopic (exact) mass is 224 g/mol. The molecule has 3 nitrogen and oxygen atoms in total. The van der Waals surface area contributed by atoms with Crippen molar-refractivity contribution < 1.29 is 4.79 Å². The summed E-state index contributed by atoms with van der Waals surface area (Å²) in [6.45, 7) is 6.48. The van der Waals surface area contributed by atoms with Crippen LogP contribution in [0, 0.1) is 0 Å². The lowest BCUT2D eigenvalue weighted by Crippen LogP contribution is -2.45. The molecule has 2 aliphatic rings. The zero-order valence-corrected chi connectivity index (χ0v) is 10.8. The smallest absolute Gasteiger partial charge is 0.244 e. The summed E-state index contributed by atoms with van der Waals surface area (Å²) in [4.78, 5) is 14.6. The number of hydrogen-bond donors (Lipinski definition) is 1. The van der Waals surface area contributed by atoms with Crippen molar-refractivity contribution in [2.75, 3.05) is 0 Å². The fourth-order valence-electron chi connectivity index (χ4n) is 3.43. The van der Waals surface area contributed by atoms with Crippen molar-refractivity contribution in [3.63, 3.8) is 0 Å². The number of hydrogen-bond acceptors (Lipinski definition) is 2. The number of carbonyl (C=O) groups excluding carboxylic acids is 1. The molecule has 16 heavy (non-hydrogen) atoms. The van der Waals surface area contributed by atoms with E-state index in [2.05, 4.69) is 31.0 Å².